The van der Waals surface area contributed by atoms with Gasteiger partial charge in [-0.3, -0.25) is 19.9 Å². The lowest BCUT2D eigenvalue weighted by atomic mass is 9.96. The maximum absolute atomic E-state index is 13.0. The Balaban J connectivity index is 1.78. The number of esters is 1. The Morgan fingerprint density at radius 2 is 1.72 bits per heavy atom. The predicted molar refractivity (Wildman–Crippen MR) is 121 cm³/mol. The summed E-state index contributed by atoms with van der Waals surface area (Å²) in [5, 5.41) is 2.91. The Labute approximate surface area is 186 Å². The van der Waals surface area contributed by atoms with E-state index in [-0.39, 0.29) is 5.56 Å². The molecule has 0 spiro atoms. The fourth-order valence-electron chi connectivity index (χ4n) is 3.63. The molecule has 1 heterocycles. The average molecular weight is 434 g/mol. The Bertz CT molecular complexity index is 1160. The molecule has 0 fully saturated rings. The number of ether oxygens (including phenoxy) is 2. The van der Waals surface area contributed by atoms with Gasteiger partial charge in [-0.05, 0) is 36.6 Å². The lowest BCUT2D eigenvalue weighted by Gasteiger charge is -2.15. The zero-order valence-corrected chi connectivity index (χ0v) is 18.4. The standard InChI is InChI=1S/C25H26N2O5/c1-4-10-19-16(5-2)23(17-11-6-8-13-20(17)26-19)25(30)32-15-22(28)27-24(29)18-12-7-9-14-21(18)31-3/h6-9,11-14H,4-5,10,15H2,1-3H3,(H,27,28,29). The number of amides is 2. The highest BCUT2D eigenvalue weighted by Gasteiger charge is 2.22. The highest BCUT2D eigenvalue weighted by Crippen LogP contribution is 2.26. The number of benzene rings is 2. The fraction of sp³-hybridized carbons (Fsp3) is 0.280. The van der Waals surface area contributed by atoms with Crippen molar-refractivity contribution in [3.8, 4) is 5.75 Å². The van der Waals surface area contributed by atoms with E-state index in [1.54, 1.807) is 24.3 Å². The first kappa shape index (κ1) is 22.9. The van der Waals surface area contributed by atoms with E-state index in [1.165, 1.54) is 7.11 Å². The van der Waals surface area contributed by atoms with Gasteiger partial charge in [0.1, 0.15) is 5.75 Å². The Kier molecular flexibility index (Phi) is 7.54. The number of pyridine rings is 1. The Morgan fingerprint density at radius 3 is 2.44 bits per heavy atom. The van der Waals surface area contributed by atoms with Crippen LogP contribution in [0.25, 0.3) is 10.9 Å². The molecular formula is C25H26N2O5. The van der Waals surface area contributed by atoms with Gasteiger partial charge in [-0.25, -0.2) is 4.79 Å². The first-order valence-electron chi connectivity index (χ1n) is 10.5. The molecule has 1 aromatic heterocycles. The number of nitrogens with zero attached hydrogens (tertiary/aromatic N) is 1. The maximum Gasteiger partial charge on any atom is 0.339 e. The van der Waals surface area contributed by atoms with E-state index < -0.39 is 24.4 Å². The third-order valence-corrected chi connectivity index (χ3v) is 5.06. The summed E-state index contributed by atoms with van der Waals surface area (Å²) in [5.41, 5.74) is 3.02. The molecule has 32 heavy (non-hydrogen) atoms. The molecule has 0 aliphatic carbocycles. The van der Waals surface area contributed by atoms with Crippen LogP contribution in [0.5, 0.6) is 5.75 Å². The highest BCUT2D eigenvalue weighted by atomic mass is 16.5. The molecule has 0 aliphatic rings. The first-order valence-corrected chi connectivity index (χ1v) is 10.5. The number of methoxy groups -OCH3 is 1. The van der Waals surface area contributed by atoms with Crippen LogP contribution in [0.3, 0.4) is 0 Å². The van der Waals surface area contributed by atoms with E-state index in [0.717, 1.165) is 24.1 Å². The Hall–Kier alpha value is -3.74. The second-order valence-electron chi connectivity index (χ2n) is 7.19. The van der Waals surface area contributed by atoms with Crippen molar-refractivity contribution in [3.63, 3.8) is 0 Å². The second kappa shape index (κ2) is 10.5. The van der Waals surface area contributed by atoms with Crippen LogP contribution in [-0.4, -0.2) is 36.5 Å². The van der Waals surface area contributed by atoms with Crippen LogP contribution < -0.4 is 10.1 Å². The molecule has 2 amide bonds. The third-order valence-electron chi connectivity index (χ3n) is 5.06. The monoisotopic (exact) mass is 434 g/mol. The number of aryl methyl sites for hydroxylation is 1. The van der Waals surface area contributed by atoms with Crippen molar-refractivity contribution >= 4 is 28.7 Å². The third kappa shape index (κ3) is 4.94. The van der Waals surface area contributed by atoms with Crippen LogP contribution in [0, 0.1) is 0 Å². The van der Waals surface area contributed by atoms with Crippen molar-refractivity contribution in [2.75, 3.05) is 13.7 Å². The number of hydrogen-bond donors (Lipinski definition) is 1. The van der Waals surface area contributed by atoms with Gasteiger partial charge in [-0.1, -0.05) is 50.6 Å². The zero-order chi connectivity index (χ0) is 23.1. The minimum Gasteiger partial charge on any atom is -0.496 e. The lowest BCUT2D eigenvalue weighted by Crippen LogP contribution is -2.34. The quantitative estimate of drug-likeness (QED) is 0.541. The molecule has 1 N–H and O–H groups in total. The minimum absolute atomic E-state index is 0.215. The van der Waals surface area contributed by atoms with Crippen molar-refractivity contribution in [3.05, 3.63) is 70.9 Å². The van der Waals surface area contributed by atoms with Gasteiger partial charge in [-0.15, -0.1) is 0 Å². The largest absolute Gasteiger partial charge is 0.496 e. The summed E-state index contributed by atoms with van der Waals surface area (Å²) in [6.45, 7) is 3.43. The molecule has 0 atom stereocenters. The zero-order valence-electron chi connectivity index (χ0n) is 18.4. The second-order valence-corrected chi connectivity index (χ2v) is 7.19. The number of rotatable bonds is 8. The van der Waals surface area contributed by atoms with E-state index in [1.807, 2.05) is 31.2 Å². The number of carbonyl (C=O) groups is 3. The highest BCUT2D eigenvalue weighted by molar-refractivity contribution is 6.08. The van der Waals surface area contributed by atoms with Crippen LogP contribution in [0.4, 0.5) is 0 Å². The van der Waals surface area contributed by atoms with Gasteiger partial charge in [0.05, 0.1) is 23.8 Å². The van der Waals surface area contributed by atoms with Crippen LogP contribution in [0.2, 0.25) is 0 Å². The molecule has 3 aromatic rings. The van der Waals surface area contributed by atoms with Gasteiger partial charge < -0.3 is 9.47 Å². The molecule has 2 aromatic carbocycles. The number of fused-ring (bicyclic) bond motifs is 1. The number of nitrogens with one attached hydrogen (secondary N) is 1. The van der Waals surface area contributed by atoms with Gasteiger partial charge in [-0.2, -0.15) is 0 Å². The van der Waals surface area contributed by atoms with Crippen LogP contribution >= 0.6 is 0 Å². The summed E-state index contributed by atoms with van der Waals surface area (Å²) in [4.78, 5) is 42.4. The van der Waals surface area contributed by atoms with Crippen LogP contribution in [-0.2, 0) is 22.4 Å². The lowest BCUT2D eigenvalue weighted by molar-refractivity contribution is -0.123. The molecule has 0 bridgehead atoms. The van der Waals surface area contributed by atoms with Gasteiger partial charge in [0.2, 0.25) is 0 Å². The van der Waals surface area contributed by atoms with E-state index in [0.29, 0.717) is 28.6 Å². The van der Waals surface area contributed by atoms with Gasteiger partial charge >= 0.3 is 5.97 Å². The maximum atomic E-state index is 13.0. The SMILES string of the molecule is CCCc1nc2ccccc2c(C(=O)OCC(=O)NC(=O)c2ccccc2OC)c1CC. The number of para-hydroxylation sites is 2. The van der Waals surface area contributed by atoms with Gasteiger partial charge in [0.25, 0.3) is 11.8 Å². The molecule has 166 valence electrons. The van der Waals surface area contributed by atoms with Crippen molar-refractivity contribution in [2.24, 2.45) is 0 Å². The van der Waals surface area contributed by atoms with Gasteiger partial charge in [0.15, 0.2) is 6.61 Å². The smallest absolute Gasteiger partial charge is 0.339 e. The molecule has 0 aliphatic heterocycles. The van der Waals surface area contributed by atoms with E-state index in [4.69, 9.17) is 14.5 Å². The van der Waals surface area contributed by atoms with Crippen molar-refractivity contribution in [2.45, 2.75) is 33.1 Å². The van der Waals surface area contributed by atoms with Gasteiger partial charge in [0, 0.05) is 11.1 Å². The fourth-order valence-corrected chi connectivity index (χ4v) is 3.63. The summed E-state index contributed by atoms with van der Waals surface area (Å²) in [6, 6.07) is 13.9. The molecule has 0 unspecified atom stereocenters. The summed E-state index contributed by atoms with van der Waals surface area (Å²) in [6.07, 6.45) is 2.23. The van der Waals surface area contributed by atoms with Crippen molar-refractivity contribution < 1.29 is 23.9 Å². The Morgan fingerprint density at radius 1 is 1.00 bits per heavy atom. The molecule has 0 saturated carbocycles. The predicted octanol–water partition coefficient (Wildman–Crippen LogP) is 3.87. The van der Waals surface area contributed by atoms with E-state index in [9.17, 15) is 14.4 Å². The van der Waals surface area contributed by atoms with Crippen LogP contribution in [0.1, 0.15) is 52.2 Å². The minimum atomic E-state index is -0.723. The molecule has 7 nitrogen and oxygen atoms in total. The summed E-state index contributed by atoms with van der Waals surface area (Å²) < 4.78 is 10.4. The molecule has 0 radical (unpaired) electrons. The summed E-state index contributed by atoms with van der Waals surface area (Å²) >= 11 is 0. The normalized spacial score (nSPS) is 10.6. The number of hydrogen-bond acceptors (Lipinski definition) is 6. The molecule has 3 rings (SSSR count). The topological polar surface area (TPSA) is 94.6 Å². The van der Waals surface area contributed by atoms with Crippen molar-refractivity contribution in [1.29, 1.82) is 0 Å². The van der Waals surface area contributed by atoms with Crippen molar-refractivity contribution in [1.82, 2.24) is 10.3 Å². The first-order chi connectivity index (χ1) is 15.5. The average Bonchev–Trinajstić information content (AvgIpc) is 2.81. The number of imide groups is 1. The van der Waals surface area contributed by atoms with E-state index in [2.05, 4.69) is 12.2 Å². The number of aromatic nitrogens is 1. The molecule has 7 heteroatoms. The number of carbonyl (C=O) groups excluding carboxylic acids is 3. The summed E-state index contributed by atoms with van der Waals surface area (Å²) in [7, 11) is 1.44. The molecule has 0 saturated heterocycles. The van der Waals surface area contributed by atoms with E-state index >= 15 is 0 Å². The molecular weight excluding hydrogens is 408 g/mol. The summed E-state index contributed by atoms with van der Waals surface area (Å²) in [5.74, 6) is -1.62. The van der Waals surface area contributed by atoms with Crippen LogP contribution in [0.15, 0.2) is 48.5 Å².